The molecule has 0 fully saturated rings. The molecule has 0 aliphatic carbocycles. The molecule has 0 aliphatic heterocycles. The second-order valence-electron chi connectivity index (χ2n) is 10.2. The van der Waals surface area contributed by atoms with Gasteiger partial charge in [0.15, 0.2) is 5.82 Å². The number of H-pyrrole nitrogens is 1. The lowest BCUT2D eigenvalue weighted by Crippen LogP contribution is -2.35. The van der Waals surface area contributed by atoms with Crippen LogP contribution in [0.2, 0.25) is 0 Å². The third-order valence-corrected chi connectivity index (χ3v) is 7.13. The van der Waals surface area contributed by atoms with Crippen molar-refractivity contribution in [2.75, 3.05) is 0 Å². The number of aryl methyl sites for hydroxylation is 2. The number of nitrogens with one attached hydrogen (secondary N) is 1. The van der Waals surface area contributed by atoms with Gasteiger partial charge < -0.3 is 9.40 Å². The van der Waals surface area contributed by atoms with E-state index in [-0.39, 0.29) is 5.56 Å². The molecule has 0 aliphatic rings. The third kappa shape index (κ3) is 5.34. The summed E-state index contributed by atoms with van der Waals surface area (Å²) in [7, 11) is 0. The SMILES string of the molecule is Cc1cc(C)c2[nH]c(=O)c([C@H](c3nnnn3Cc3ccccc3)N(Cc3ccccc3)Cc3ccco3)cc2c1. The van der Waals surface area contributed by atoms with Crippen LogP contribution in [0.1, 0.15) is 45.4 Å². The Hall–Kier alpha value is -4.82. The van der Waals surface area contributed by atoms with Gasteiger partial charge in [-0.15, -0.1) is 5.10 Å². The number of rotatable bonds is 9. The van der Waals surface area contributed by atoms with E-state index in [1.807, 2.05) is 73.7 Å². The number of hydrogen-bond donors (Lipinski definition) is 1. The van der Waals surface area contributed by atoms with E-state index in [0.717, 1.165) is 38.9 Å². The molecule has 200 valence electrons. The van der Waals surface area contributed by atoms with E-state index < -0.39 is 6.04 Å². The lowest BCUT2D eigenvalue weighted by Gasteiger charge is -2.30. The Morgan fingerprint density at radius 2 is 1.65 bits per heavy atom. The summed E-state index contributed by atoms with van der Waals surface area (Å²) in [5.74, 6) is 1.37. The van der Waals surface area contributed by atoms with Crippen LogP contribution >= 0.6 is 0 Å². The quantitative estimate of drug-likeness (QED) is 0.263. The molecule has 40 heavy (non-hydrogen) atoms. The lowest BCUT2D eigenvalue weighted by molar-refractivity contribution is 0.179. The molecule has 0 spiro atoms. The Bertz CT molecular complexity index is 1780. The second kappa shape index (κ2) is 11.1. The van der Waals surface area contributed by atoms with Gasteiger partial charge in [-0.25, -0.2) is 4.68 Å². The summed E-state index contributed by atoms with van der Waals surface area (Å²) < 4.78 is 7.56. The zero-order valence-corrected chi connectivity index (χ0v) is 22.5. The van der Waals surface area contributed by atoms with Crippen LogP contribution in [0.5, 0.6) is 0 Å². The average molecular weight is 531 g/mol. The highest BCUT2D eigenvalue weighted by Crippen LogP contribution is 2.31. The summed E-state index contributed by atoms with van der Waals surface area (Å²) in [6.45, 7) is 5.56. The van der Waals surface area contributed by atoms with Crippen molar-refractivity contribution in [3.8, 4) is 0 Å². The van der Waals surface area contributed by atoms with E-state index in [9.17, 15) is 4.79 Å². The smallest absolute Gasteiger partial charge is 0.253 e. The molecule has 0 saturated heterocycles. The van der Waals surface area contributed by atoms with Crippen LogP contribution in [-0.4, -0.2) is 30.1 Å². The number of nitrogens with zero attached hydrogens (tertiary/aromatic N) is 5. The van der Waals surface area contributed by atoms with Crippen molar-refractivity contribution in [1.29, 1.82) is 0 Å². The van der Waals surface area contributed by atoms with Crippen LogP contribution in [0.25, 0.3) is 10.9 Å². The highest BCUT2D eigenvalue weighted by molar-refractivity contribution is 5.83. The number of furan rings is 1. The van der Waals surface area contributed by atoms with Gasteiger partial charge in [-0.1, -0.05) is 72.3 Å². The van der Waals surface area contributed by atoms with Crippen molar-refractivity contribution in [3.63, 3.8) is 0 Å². The van der Waals surface area contributed by atoms with E-state index in [4.69, 9.17) is 4.42 Å². The summed E-state index contributed by atoms with van der Waals surface area (Å²) in [6, 6.07) is 29.7. The Kier molecular flexibility index (Phi) is 7.08. The minimum Gasteiger partial charge on any atom is -0.468 e. The summed E-state index contributed by atoms with van der Waals surface area (Å²) in [4.78, 5) is 19.2. The number of hydrogen-bond acceptors (Lipinski definition) is 6. The Balaban J connectivity index is 1.54. The molecule has 3 heterocycles. The zero-order chi connectivity index (χ0) is 27.5. The van der Waals surface area contributed by atoms with E-state index in [0.29, 0.717) is 31.0 Å². The summed E-state index contributed by atoms with van der Waals surface area (Å²) >= 11 is 0. The molecule has 1 N–H and O–H groups in total. The standard InChI is InChI=1S/C32H30N6O2/c1-22-16-23(2)29-26(17-22)18-28(32(39)33-29)30(31-34-35-36-38(31)20-25-12-7-4-8-13-25)37(21-27-14-9-15-40-27)19-24-10-5-3-6-11-24/h3-18,30H,19-21H2,1-2H3,(H,33,39)/t30-/m1/s1. The highest BCUT2D eigenvalue weighted by atomic mass is 16.3. The summed E-state index contributed by atoms with van der Waals surface area (Å²) in [5.41, 5.74) is 5.56. The molecule has 0 bridgehead atoms. The first kappa shape index (κ1) is 25.5. The van der Waals surface area contributed by atoms with Gasteiger partial charge in [0.25, 0.3) is 5.56 Å². The maximum atomic E-state index is 13.9. The fourth-order valence-corrected chi connectivity index (χ4v) is 5.34. The minimum atomic E-state index is -0.557. The van der Waals surface area contributed by atoms with Gasteiger partial charge in [0.1, 0.15) is 11.8 Å². The predicted octanol–water partition coefficient (Wildman–Crippen LogP) is 5.56. The molecule has 8 nitrogen and oxygen atoms in total. The maximum Gasteiger partial charge on any atom is 0.253 e. The molecular weight excluding hydrogens is 500 g/mol. The molecule has 3 aromatic carbocycles. The second-order valence-corrected chi connectivity index (χ2v) is 10.2. The van der Waals surface area contributed by atoms with Crippen LogP contribution in [0.3, 0.4) is 0 Å². The van der Waals surface area contributed by atoms with Crippen LogP contribution in [0.15, 0.2) is 106 Å². The molecule has 3 aromatic heterocycles. The van der Waals surface area contributed by atoms with E-state index in [1.165, 1.54) is 0 Å². The molecule has 0 unspecified atom stereocenters. The van der Waals surface area contributed by atoms with Crippen molar-refractivity contribution in [3.05, 3.63) is 147 Å². The fraction of sp³-hybridized carbons (Fsp3) is 0.188. The van der Waals surface area contributed by atoms with Gasteiger partial charge in [0, 0.05) is 12.1 Å². The van der Waals surface area contributed by atoms with Gasteiger partial charge in [0.2, 0.25) is 0 Å². The molecule has 0 radical (unpaired) electrons. The molecule has 1 atom stereocenters. The Labute approximate surface area is 231 Å². The third-order valence-electron chi connectivity index (χ3n) is 7.13. The fourth-order valence-electron chi connectivity index (χ4n) is 5.34. The van der Waals surface area contributed by atoms with Crippen LogP contribution in [0.4, 0.5) is 0 Å². The van der Waals surface area contributed by atoms with Crippen molar-refractivity contribution in [1.82, 2.24) is 30.1 Å². The number of benzene rings is 3. The molecule has 8 heteroatoms. The minimum absolute atomic E-state index is 0.170. The zero-order valence-electron chi connectivity index (χ0n) is 22.5. The topological polar surface area (TPSA) is 92.8 Å². The van der Waals surface area contributed by atoms with Crippen LogP contribution < -0.4 is 5.56 Å². The first-order valence-corrected chi connectivity index (χ1v) is 13.3. The first-order valence-electron chi connectivity index (χ1n) is 13.3. The maximum absolute atomic E-state index is 13.9. The lowest BCUT2D eigenvalue weighted by atomic mass is 10.00. The van der Waals surface area contributed by atoms with Gasteiger partial charge in [-0.2, -0.15) is 0 Å². The van der Waals surface area contributed by atoms with E-state index in [2.05, 4.69) is 56.6 Å². The molecule has 0 saturated carbocycles. The number of aromatic amines is 1. The summed E-state index contributed by atoms with van der Waals surface area (Å²) in [6.07, 6.45) is 1.67. The average Bonchev–Trinajstić information content (AvgIpc) is 3.63. The van der Waals surface area contributed by atoms with Crippen molar-refractivity contribution < 1.29 is 4.42 Å². The molecule has 0 amide bonds. The van der Waals surface area contributed by atoms with E-state index in [1.54, 1.807) is 10.9 Å². The van der Waals surface area contributed by atoms with Crippen LogP contribution in [0, 0.1) is 13.8 Å². The van der Waals surface area contributed by atoms with Gasteiger partial charge in [-0.3, -0.25) is 9.69 Å². The highest BCUT2D eigenvalue weighted by Gasteiger charge is 2.31. The normalized spacial score (nSPS) is 12.3. The molecule has 6 aromatic rings. The van der Waals surface area contributed by atoms with Gasteiger partial charge in [-0.05, 0) is 70.6 Å². The van der Waals surface area contributed by atoms with Crippen molar-refractivity contribution in [2.24, 2.45) is 0 Å². The molecule has 6 rings (SSSR count). The van der Waals surface area contributed by atoms with Crippen molar-refractivity contribution >= 4 is 10.9 Å². The first-order chi connectivity index (χ1) is 19.5. The molecular formula is C32H30N6O2. The van der Waals surface area contributed by atoms with Crippen molar-refractivity contribution in [2.45, 2.75) is 39.5 Å². The Morgan fingerprint density at radius 3 is 2.38 bits per heavy atom. The Morgan fingerprint density at radius 1 is 0.900 bits per heavy atom. The van der Waals surface area contributed by atoms with Gasteiger partial charge in [0.05, 0.1) is 24.9 Å². The number of pyridine rings is 1. The number of aromatic nitrogens is 5. The monoisotopic (exact) mass is 530 g/mol. The van der Waals surface area contributed by atoms with Crippen LogP contribution in [-0.2, 0) is 19.6 Å². The number of fused-ring (bicyclic) bond motifs is 1. The summed E-state index contributed by atoms with van der Waals surface area (Å²) in [5, 5.41) is 13.9. The van der Waals surface area contributed by atoms with Gasteiger partial charge >= 0.3 is 0 Å². The predicted molar refractivity (Wildman–Crippen MR) is 154 cm³/mol. The largest absolute Gasteiger partial charge is 0.468 e. The van der Waals surface area contributed by atoms with E-state index >= 15 is 0 Å². The number of tetrazole rings is 1.